The van der Waals surface area contributed by atoms with E-state index in [1.807, 2.05) is 11.8 Å². The van der Waals surface area contributed by atoms with E-state index in [0.717, 1.165) is 31.6 Å². The summed E-state index contributed by atoms with van der Waals surface area (Å²) in [5.74, 6) is -0.777. The number of likely N-dealkylation sites (N-methyl/N-ethyl adjacent to an activating group) is 1. The molecule has 0 saturated carbocycles. The van der Waals surface area contributed by atoms with Gasteiger partial charge in [0, 0.05) is 38.7 Å². The normalized spacial score (nSPS) is 21.8. The first-order valence-electron chi connectivity index (χ1n) is 9.68. The minimum atomic E-state index is -3.76. The number of carbonyl (C=O) groups is 1. The summed E-state index contributed by atoms with van der Waals surface area (Å²) >= 11 is 5.73. The van der Waals surface area contributed by atoms with Crippen molar-refractivity contribution in [1.29, 1.82) is 0 Å². The number of benzene rings is 1. The Morgan fingerprint density at radius 2 is 2.04 bits per heavy atom. The number of sulfonamides is 1. The number of ether oxygens (including phenoxy) is 1. The highest BCUT2D eigenvalue weighted by Crippen LogP contribution is 2.27. The van der Waals surface area contributed by atoms with Crippen LogP contribution < -0.4 is 0 Å². The summed E-state index contributed by atoms with van der Waals surface area (Å²) in [6, 6.07) is 3.40. The van der Waals surface area contributed by atoms with Gasteiger partial charge in [-0.05, 0) is 50.8 Å². The predicted molar refractivity (Wildman–Crippen MR) is 104 cm³/mol. The van der Waals surface area contributed by atoms with Crippen molar-refractivity contribution in [3.05, 3.63) is 29.0 Å². The fourth-order valence-electron chi connectivity index (χ4n) is 3.80. The van der Waals surface area contributed by atoms with Crippen LogP contribution in [0.2, 0.25) is 5.02 Å². The molecule has 1 atom stereocenters. The van der Waals surface area contributed by atoms with E-state index < -0.39 is 15.8 Å². The molecule has 1 unspecified atom stereocenters. The van der Waals surface area contributed by atoms with E-state index >= 15 is 0 Å². The van der Waals surface area contributed by atoms with Crippen molar-refractivity contribution in [3.8, 4) is 0 Å². The molecule has 2 aliphatic heterocycles. The Balaban J connectivity index is 1.61. The van der Waals surface area contributed by atoms with Crippen LogP contribution in [0.25, 0.3) is 0 Å². The minimum absolute atomic E-state index is 0.0303. The van der Waals surface area contributed by atoms with E-state index in [4.69, 9.17) is 16.3 Å². The van der Waals surface area contributed by atoms with Crippen molar-refractivity contribution in [2.75, 3.05) is 32.8 Å². The summed E-state index contributed by atoms with van der Waals surface area (Å²) in [4.78, 5) is 14.7. The van der Waals surface area contributed by atoms with Gasteiger partial charge in [0.2, 0.25) is 15.9 Å². The van der Waals surface area contributed by atoms with Crippen LogP contribution in [0.5, 0.6) is 0 Å². The lowest BCUT2D eigenvalue weighted by Gasteiger charge is -2.34. The van der Waals surface area contributed by atoms with E-state index in [9.17, 15) is 17.6 Å². The highest BCUT2D eigenvalue weighted by molar-refractivity contribution is 7.89. The molecule has 3 rings (SSSR count). The van der Waals surface area contributed by atoms with Gasteiger partial charge in [-0.2, -0.15) is 4.31 Å². The Morgan fingerprint density at radius 1 is 1.32 bits per heavy atom. The van der Waals surface area contributed by atoms with Crippen molar-refractivity contribution < 1.29 is 22.3 Å². The number of piperidine rings is 1. The molecular formula is C19H26ClFN2O4S. The number of halogens is 2. The fourth-order valence-corrected chi connectivity index (χ4v) is 5.54. The molecule has 0 bridgehead atoms. The first kappa shape index (κ1) is 21.5. The maximum Gasteiger partial charge on any atom is 0.243 e. The number of nitrogens with zero attached hydrogens (tertiary/aromatic N) is 2. The van der Waals surface area contributed by atoms with E-state index in [0.29, 0.717) is 25.9 Å². The van der Waals surface area contributed by atoms with Gasteiger partial charge in [0.25, 0.3) is 0 Å². The van der Waals surface area contributed by atoms with E-state index in [1.165, 1.54) is 10.4 Å². The Kier molecular flexibility index (Phi) is 6.96. The maximum atomic E-state index is 13.3. The van der Waals surface area contributed by atoms with E-state index in [1.54, 1.807) is 0 Å². The van der Waals surface area contributed by atoms with Gasteiger partial charge in [-0.15, -0.1) is 0 Å². The molecule has 1 aromatic rings. The molecular weight excluding hydrogens is 407 g/mol. The van der Waals surface area contributed by atoms with Crippen LogP contribution in [0.3, 0.4) is 0 Å². The lowest BCUT2D eigenvalue weighted by atomic mass is 9.96. The lowest BCUT2D eigenvalue weighted by molar-refractivity contribution is -0.138. The van der Waals surface area contributed by atoms with Crippen molar-refractivity contribution >= 4 is 27.5 Å². The molecule has 6 nitrogen and oxygen atoms in total. The Morgan fingerprint density at radius 3 is 2.61 bits per heavy atom. The number of hydrogen-bond donors (Lipinski definition) is 0. The molecule has 2 aliphatic rings. The van der Waals surface area contributed by atoms with Gasteiger partial charge in [0.05, 0.1) is 16.0 Å². The van der Waals surface area contributed by atoms with E-state index in [2.05, 4.69) is 0 Å². The van der Waals surface area contributed by atoms with Crippen LogP contribution in [-0.4, -0.2) is 62.4 Å². The van der Waals surface area contributed by atoms with Gasteiger partial charge in [-0.3, -0.25) is 4.79 Å². The number of carbonyl (C=O) groups excluding carboxylic acids is 1. The average Bonchev–Trinajstić information content (AvgIpc) is 3.21. The minimum Gasteiger partial charge on any atom is -0.376 e. The Labute approximate surface area is 170 Å². The van der Waals surface area contributed by atoms with Crippen LogP contribution in [-0.2, 0) is 19.6 Å². The third-order valence-corrected chi connectivity index (χ3v) is 7.66. The van der Waals surface area contributed by atoms with Crippen molar-refractivity contribution in [1.82, 2.24) is 9.21 Å². The van der Waals surface area contributed by atoms with Gasteiger partial charge >= 0.3 is 0 Å². The molecule has 1 aromatic carbocycles. The molecule has 0 spiro atoms. The topological polar surface area (TPSA) is 66.9 Å². The maximum absolute atomic E-state index is 13.3. The number of hydrogen-bond acceptors (Lipinski definition) is 4. The van der Waals surface area contributed by atoms with Gasteiger partial charge in [-0.25, -0.2) is 12.8 Å². The fraction of sp³-hybridized carbons (Fsp3) is 0.632. The summed E-state index contributed by atoms with van der Waals surface area (Å²) in [7, 11) is -3.76. The molecule has 0 aromatic heterocycles. The monoisotopic (exact) mass is 432 g/mol. The van der Waals surface area contributed by atoms with Crippen LogP contribution in [0, 0.1) is 11.7 Å². The molecule has 0 radical (unpaired) electrons. The summed E-state index contributed by atoms with van der Waals surface area (Å²) in [5, 5.41) is -0.223. The second-order valence-electron chi connectivity index (χ2n) is 7.27. The first-order valence-corrected chi connectivity index (χ1v) is 11.5. The molecule has 28 heavy (non-hydrogen) atoms. The third-order valence-electron chi connectivity index (χ3n) is 5.47. The predicted octanol–water partition coefficient (Wildman–Crippen LogP) is 2.91. The van der Waals surface area contributed by atoms with Crippen molar-refractivity contribution in [2.24, 2.45) is 5.92 Å². The second-order valence-corrected chi connectivity index (χ2v) is 9.61. The zero-order chi connectivity index (χ0) is 20.3. The first-order chi connectivity index (χ1) is 13.3. The number of rotatable bonds is 6. The molecule has 1 amide bonds. The SMILES string of the molecule is CCN(CC1CCCO1)C(=O)C1CCN(S(=O)(=O)c2ccc(F)c(Cl)c2)CC1. The van der Waals surface area contributed by atoms with Crippen LogP contribution >= 0.6 is 11.6 Å². The third kappa shape index (κ3) is 4.67. The molecule has 9 heteroatoms. The summed E-state index contributed by atoms with van der Waals surface area (Å²) in [6.07, 6.45) is 3.04. The van der Waals surface area contributed by atoms with Gasteiger partial charge in [-0.1, -0.05) is 11.6 Å². The molecule has 2 saturated heterocycles. The highest BCUT2D eigenvalue weighted by atomic mass is 35.5. The van der Waals surface area contributed by atoms with Gasteiger partial charge < -0.3 is 9.64 Å². The summed E-state index contributed by atoms with van der Waals surface area (Å²) < 4.78 is 45.9. The summed E-state index contributed by atoms with van der Waals surface area (Å²) in [6.45, 7) is 4.43. The zero-order valence-corrected chi connectivity index (χ0v) is 17.5. The molecule has 156 valence electrons. The largest absolute Gasteiger partial charge is 0.376 e. The highest BCUT2D eigenvalue weighted by Gasteiger charge is 2.34. The lowest BCUT2D eigenvalue weighted by Crippen LogP contribution is -2.46. The smallest absolute Gasteiger partial charge is 0.243 e. The Hall–Kier alpha value is -1.22. The number of amides is 1. The molecule has 0 N–H and O–H groups in total. The zero-order valence-electron chi connectivity index (χ0n) is 15.9. The quantitative estimate of drug-likeness (QED) is 0.693. The van der Waals surface area contributed by atoms with E-state index in [-0.39, 0.29) is 40.9 Å². The van der Waals surface area contributed by atoms with Crippen LogP contribution in [0.1, 0.15) is 32.6 Å². The molecule has 2 fully saturated rings. The molecule has 0 aliphatic carbocycles. The van der Waals surface area contributed by atoms with Crippen LogP contribution in [0.4, 0.5) is 4.39 Å². The standard InChI is InChI=1S/C19H26ClFN2O4S/c1-2-22(13-15-4-3-11-27-15)19(24)14-7-9-23(10-8-14)28(25,26)16-5-6-18(21)17(20)12-16/h5-6,12,14-15H,2-4,7-11,13H2,1H3. The van der Waals surface area contributed by atoms with Crippen LogP contribution in [0.15, 0.2) is 23.1 Å². The van der Waals surface area contributed by atoms with Crippen molar-refractivity contribution in [3.63, 3.8) is 0 Å². The average molecular weight is 433 g/mol. The second kappa shape index (κ2) is 9.07. The van der Waals surface area contributed by atoms with Gasteiger partial charge in [0.1, 0.15) is 5.82 Å². The summed E-state index contributed by atoms with van der Waals surface area (Å²) in [5.41, 5.74) is 0. The van der Waals surface area contributed by atoms with Crippen molar-refractivity contribution in [2.45, 2.75) is 43.6 Å². The Bertz CT molecular complexity index is 806. The van der Waals surface area contributed by atoms with Gasteiger partial charge in [0.15, 0.2) is 0 Å². The molecule has 2 heterocycles.